The maximum Gasteiger partial charge on any atom is 0.340 e. The minimum Gasteiger partial charge on any atom is -0.462 e. The van der Waals surface area contributed by atoms with Crippen LogP contribution in [-0.4, -0.2) is 18.5 Å². The number of nitriles is 1. The summed E-state index contributed by atoms with van der Waals surface area (Å²) in [6.45, 7) is 2.79. The maximum absolute atomic E-state index is 12.5. The van der Waals surface area contributed by atoms with Gasteiger partial charge in [0.05, 0.1) is 17.9 Å². The molecule has 2 aromatic carbocycles. The Labute approximate surface area is 178 Å². The predicted molar refractivity (Wildman–Crippen MR) is 115 cm³/mol. The SMILES string of the molecule is CCCCOC(=O)c1ccccc1NC(=O)/C(C#N)=C\NCc1ccc(Br)cc1. The molecule has 0 atom stereocenters. The normalized spacial score (nSPS) is 10.7. The van der Waals surface area contributed by atoms with Gasteiger partial charge in [-0.2, -0.15) is 5.26 Å². The van der Waals surface area contributed by atoms with Crippen LogP contribution < -0.4 is 10.6 Å². The largest absolute Gasteiger partial charge is 0.462 e. The Balaban J connectivity index is 2.02. The van der Waals surface area contributed by atoms with Crippen LogP contribution in [0.3, 0.4) is 0 Å². The molecule has 0 heterocycles. The Bertz CT molecular complexity index is 918. The van der Waals surface area contributed by atoms with Crippen molar-refractivity contribution in [1.29, 1.82) is 5.26 Å². The van der Waals surface area contributed by atoms with E-state index >= 15 is 0 Å². The lowest BCUT2D eigenvalue weighted by Gasteiger charge is -2.10. The van der Waals surface area contributed by atoms with Gasteiger partial charge in [-0.3, -0.25) is 4.79 Å². The zero-order valence-corrected chi connectivity index (χ0v) is 17.7. The molecule has 1 amide bonds. The molecule has 150 valence electrons. The third-order valence-corrected chi connectivity index (χ3v) is 4.49. The highest BCUT2D eigenvalue weighted by Crippen LogP contribution is 2.17. The molecule has 7 heteroatoms. The molecule has 0 radical (unpaired) electrons. The van der Waals surface area contributed by atoms with E-state index in [1.165, 1.54) is 6.20 Å². The number of hydrogen-bond donors (Lipinski definition) is 2. The van der Waals surface area contributed by atoms with Crippen molar-refractivity contribution in [3.63, 3.8) is 0 Å². The number of benzene rings is 2. The van der Waals surface area contributed by atoms with Crippen LogP contribution in [0.4, 0.5) is 5.69 Å². The van der Waals surface area contributed by atoms with E-state index in [0.717, 1.165) is 22.9 Å². The second-order valence-corrected chi connectivity index (χ2v) is 7.08. The molecule has 2 aromatic rings. The molecule has 29 heavy (non-hydrogen) atoms. The highest BCUT2D eigenvalue weighted by molar-refractivity contribution is 9.10. The van der Waals surface area contributed by atoms with Crippen molar-refractivity contribution in [3.05, 3.63) is 75.9 Å². The summed E-state index contributed by atoms with van der Waals surface area (Å²) < 4.78 is 6.19. The van der Waals surface area contributed by atoms with E-state index in [-0.39, 0.29) is 11.1 Å². The highest BCUT2D eigenvalue weighted by atomic mass is 79.9. The number of rotatable bonds is 9. The molecule has 0 bridgehead atoms. The number of ether oxygens (including phenoxy) is 1. The van der Waals surface area contributed by atoms with Crippen molar-refractivity contribution in [2.45, 2.75) is 26.3 Å². The Morgan fingerprint density at radius 2 is 1.90 bits per heavy atom. The van der Waals surface area contributed by atoms with Crippen molar-refractivity contribution >= 4 is 33.5 Å². The molecule has 0 saturated carbocycles. The zero-order chi connectivity index (χ0) is 21.1. The molecule has 0 aliphatic heterocycles. The summed E-state index contributed by atoms with van der Waals surface area (Å²) in [5.41, 5.74) is 1.45. The van der Waals surface area contributed by atoms with Crippen molar-refractivity contribution in [3.8, 4) is 6.07 Å². The predicted octanol–water partition coefficient (Wildman–Crippen LogP) is 4.54. The van der Waals surface area contributed by atoms with Gasteiger partial charge in [0.1, 0.15) is 11.6 Å². The Morgan fingerprint density at radius 1 is 1.17 bits per heavy atom. The Morgan fingerprint density at radius 3 is 2.59 bits per heavy atom. The van der Waals surface area contributed by atoms with Gasteiger partial charge in [0.2, 0.25) is 0 Å². The number of para-hydroxylation sites is 1. The van der Waals surface area contributed by atoms with E-state index in [1.54, 1.807) is 24.3 Å². The number of halogens is 1. The van der Waals surface area contributed by atoms with Crippen LogP contribution in [0.2, 0.25) is 0 Å². The van der Waals surface area contributed by atoms with Gasteiger partial charge < -0.3 is 15.4 Å². The average Bonchev–Trinajstić information content (AvgIpc) is 2.73. The molecule has 2 rings (SSSR count). The summed E-state index contributed by atoms with van der Waals surface area (Å²) >= 11 is 3.37. The number of nitrogens with zero attached hydrogens (tertiary/aromatic N) is 1. The van der Waals surface area contributed by atoms with Gasteiger partial charge in [-0.15, -0.1) is 0 Å². The minimum atomic E-state index is -0.607. The summed E-state index contributed by atoms with van der Waals surface area (Å²) in [4.78, 5) is 24.7. The first-order chi connectivity index (χ1) is 14.0. The van der Waals surface area contributed by atoms with Gasteiger partial charge >= 0.3 is 5.97 Å². The lowest BCUT2D eigenvalue weighted by molar-refractivity contribution is -0.112. The quantitative estimate of drug-likeness (QED) is 0.250. The number of carbonyl (C=O) groups excluding carboxylic acids is 2. The van der Waals surface area contributed by atoms with E-state index in [9.17, 15) is 14.9 Å². The molecular weight excluding hydrogens is 434 g/mol. The van der Waals surface area contributed by atoms with Crippen LogP contribution in [0.1, 0.15) is 35.7 Å². The third-order valence-electron chi connectivity index (χ3n) is 3.96. The van der Waals surface area contributed by atoms with Crippen LogP contribution in [0.5, 0.6) is 0 Å². The summed E-state index contributed by atoms with van der Waals surface area (Å²) in [6.07, 6.45) is 3.04. The van der Waals surface area contributed by atoms with Crippen molar-refractivity contribution < 1.29 is 14.3 Å². The van der Waals surface area contributed by atoms with E-state index in [0.29, 0.717) is 18.8 Å². The first-order valence-electron chi connectivity index (χ1n) is 9.20. The Kier molecular flexibility index (Phi) is 8.93. The molecule has 0 spiro atoms. The van der Waals surface area contributed by atoms with E-state index in [4.69, 9.17) is 4.74 Å². The molecular formula is C22H22BrN3O3. The molecule has 6 nitrogen and oxygen atoms in total. The van der Waals surface area contributed by atoms with Crippen molar-refractivity contribution in [2.75, 3.05) is 11.9 Å². The van der Waals surface area contributed by atoms with Gasteiger partial charge in [0.25, 0.3) is 5.91 Å². The second kappa shape index (κ2) is 11.7. The second-order valence-electron chi connectivity index (χ2n) is 6.17. The lowest BCUT2D eigenvalue weighted by atomic mass is 10.1. The lowest BCUT2D eigenvalue weighted by Crippen LogP contribution is -2.19. The summed E-state index contributed by atoms with van der Waals surface area (Å²) in [5.74, 6) is -1.12. The van der Waals surface area contributed by atoms with Crippen LogP contribution in [-0.2, 0) is 16.1 Å². The van der Waals surface area contributed by atoms with Crippen LogP contribution >= 0.6 is 15.9 Å². The van der Waals surface area contributed by atoms with Gasteiger partial charge in [0.15, 0.2) is 0 Å². The number of amides is 1. The minimum absolute atomic E-state index is 0.101. The summed E-state index contributed by atoms with van der Waals surface area (Å²) in [6, 6.07) is 16.1. The summed E-state index contributed by atoms with van der Waals surface area (Å²) in [5, 5.41) is 14.9. The van der Waals surface area contributed by atoms with Crippen molar-refractivity contribution in [2.24, 2.45) is 0 Å². The summed E-state index contributed by atoms with van der Waals surface area (Å²) in [7, 11) is 0. The highest BCUT2D eigenvalue weighted by Gasteiger charge is 2.16. The standard InChI is InChI=1S/C22H22BrN3O3/c1-2-3-12-29-22(28)19-6-4-5-7-20(19)26-21(27)17(13-24)15-25-14-16-8-10-18(23)11-9-16/h4-11,15,25H,2-3,12,14H2,1H3,(H,26,27)/b17-15-. The fraction of sp³-hybridized carbons (Fsp3) is 0.227. The molecule has 0 aliphatic carbocycles. The zero-order valence-electron chi connectivity index (χ0n) is 16.1. The number of anilines is 1. The number of unbranched alkanes of at least 4 members (excludes halogenated alkanes) is 1. The fourth-order valence-electron chi connectivity index (χ4n) is 2.37. The van der Waals surface area contributed by atoms with Gasteiger partial charge in [-0.25, -0.2) is 4.79 Å². The Hall–Kier alpha value is -3.11. The van der Waals surface area contributed by atoms with Crippen LogP contribution in [0.25, 0.3) is 0 Å². The van der Waals surface area contributed by atoms with Crippen LogP contribution in [0.15, 0.2) is 64.8 Å². The molecule has 2 N–H and O–H groups in total. The molecule has 0 aliphatic rings. The number of hydrogen-bond acceptors (Lipinski definition) is 5. The third kappa shape index (κ3) is 7.09. The van der Waals surface area contributed by atoms with E-state index < -0.39 is 11.9 Å². The topological polar surface area (TPSA) is 91.2 Å². The molecule has 0 saturated heterocycles. The smallest absolute Gasteiger partial charge is 0.340 e. The number of nitrogens with one attached hydrogen (secondary N) is 2. The van der Waals surface area contributed by atoms with E-state index in [1.807, 2.05) is 37.3 Å². The first kappa shape index (κ1) is 22.2. The molecule has 0 unspecified atom stereocenters. The monoisotopic (exact) mass is 455 g/mol. The number of esters is 1. The maximum atomic E-state index is 12.5. The van der Waals surface area contributed by atoms with Crippen LogP contribution in [0, 0.1) is 11.3 Å². The fourth-order valence-corrected chi connectivity index (χ4v) is 2.63. The number of carbonyl (C=O) groups is 2. The van der Waals surface area contributed by atoms with Gasteiger partial charge in [-0.05, 0) is 36.2 Å². The van der Waals surface area contributed by atoms with E-state index in [2.05, 4.69) is 26.6 Å². The van der Waals surface area contributed by atoms with Crippen molar-refractivity contribution in [1.82, 2.24) is 5.32 Å². The average molecular weight is 456 g/mol. The van der Waals surface area contributed by atoms with Gasteiger partial charge in [-0.1, -0.05) is 53.5 Å². The first-order valence-corrected chi connectivity index (χ1v) is 10.00. The molecule has 0 fully saturated rings. The molecule has 0 aromatic heterocycles. The van der Waals surface area contributed by atoms with Gasteiger partial charge in [0, 0.05) is 17.2 Å².